The van der Waals surface area contributed by atoms with Crippen molar-refractivity contribution in [3.8, 4) is 22.3 Å². The molecule has 2 aliphatic rings. The van der Waals surface area contributed by atoms with Gasteiger partial charge < -0.3 is 0 Å². The summed E-state index contributed by atoms with van der Waals surface area (Å²) in [5.74, 6) is 0. The molecule has 0 bridgehead atoms. The maximum absolute atomic E-state index is 9.23. The minimum atomic E-state index is -5.33. The van der Waals surface area contributed by atoms with Crippen molar-refractivity contribution < 1.29 is 16.2 Å². The van der Waals surface area contributed by atoms with Gasteiger partial charge in [0.2, 0.25) is 0 Å². The fraction of sp³-hybridized carbons (Fsp3) is 0.440. The second-order valence-corrected chi connectivity index (χ2v) is 53.5. The van der Waals surface area contributed by atoms with Crippen LogP contribution in [0.4, 0.5) is 0 Å². The first-order chi connectivity index (χ1) is 26.4. The number of fused-ring (bicyclic) bond motifs is 2. The molecule has 0 aromatic heterocycles. The summed E-state index contributed by atoms with van der Waals surface area (Å²) in [5, 5.41) is 0. The predicted octanol–water partition coefficient (Wildman–Crippen LogP) is 16.0. The van der Waals surface area contributed by atoms with Gasteiger partial charge in [-0.2, -0.15) is 0 Å². The summed E-state index contributed by atoms with van der Waals surface area (Å²) < 4.78 is 2.96. The van der Waals surface area contributed by atoms with E-state index >= 15 is 0 Å². The Bertz CT molecular complexity index is 2060. The zero-order chi connectivity index (χ0) is 42.0. The molecule has 0 N–H and O–H groups in total. The van der Waals surface area contributed by atoms with Crippen molar-refractivity contribution in [3.63, 3.8) is 0 Å². The Morgan fingerprint density at radius 2 is 0.895 bits per heavy atom. The molecule has 0 saturated heterocycles. The number of hydrogen-bond acceptors (Lipinski definition) is 1. The maximum atomic E-state index is 9.23. The van der Waals surface area contributed by atoms with Crippen LogP contribution in [0, 0.1) is 0 Å². The van der Waals surface area contributed by atoms with Gasteiger partial charge in [0.25, 0.3) is 0 Å². The topological polar surface area (TPSA) is 3.24 Å². The molecule has 0 heterocycles. The van der Waals surface area contributed by atoms with Crippen LogP contribution >= 0.6 is 17.0 Å². The predicted molar refractivity (Wildman–Crippen MR) is 260 cm³/mol. The molecule has 1 nitrogen and oxygen atoms in total. The summed E-state index contributed by atoms with van der Waals surface area (Å²) in [4.78, 5) is 0.817. The zero-order valence-electron chi connectivity index (χ0n) is 37.6. The molecule has 0 spiro atoms. The van der Waals surface area contributed by atoms with E-state index in [2.05, 4.69) is 196 Å². The third-order valence-electron chi connectivity index (χ3n) is 12.7. The number of halogens is 2. The molecular formula is C50H69BCl2NSi2Zr. The van der Waals surface area contributed by atoms with E-state index in [1.807, 2.05) is 0 Å². The first-order valence-electron chi connectivity index (χ1n) is 21.6. The molecule has 0 fully saturated rings. The van der Waals surface area contributed by atoms with Gasteiger partial charge in [-0.1, -0.05) is 0 Å². The van der Waals surface area contributed by atoms with Crippen molar-refractivity contribution in [2.24, 2.45) is 0 Å². The molecule has 2 unspecified atom stereocenters. The van der Waals surface area contributed by atoms with Crippen LogP contribution in [0.15, 0.2) is 96.1 Å². The molecule has 0 amide bonds. The standard InChI is InChI=1S/2C22H25.C6H19BNSi2.2ClH.Zr/c2*1-5-9-16-14-17-10-8-12-18(20(17)15-16)19-11-6-7-13-21(19)22(2,3)4;1-9(2,3)8(7)10(4,5)6;;;/h2*6-8,10-15H,5,9H2,1-4H3;7H,1-6H3;2*1H;/q;;+1;;;+1/p-2. The summed E-state index contributed by atoms with van der Waals surface area (Å²) in [5.41, 5.74) is 16.3. The Morgan fingerprint density at radius 1 is 0.544 bits per heavy atom. The summed E-state index contributed by atoms with van der Waals surface area (Å²) in [6.45, 7) is 33.8. The Kier molecular flexibility index (Phi) is 12.5. The van der Waals surface area contributed by atoms with Crippen molar-refractivity contribution in [2.45, 2.75) is 138 Å². The van der Waals surface area contributed by atoms with Crippen LogP contribution < -0.4 is 0 Å². The van der Waals surface area contributed by atoms with Crippen molar-refractivity contribution in [2.75, 3.05) is 0 Å². The van der Waals surface area contributed by atoms with Gasteiger partial charge in [-0.3, -0.25) is 0 Å². The number of rotatable bonds is 12. The number of allylic oxidation sites excluding steroid dienone is 2. The second kappa shape index (κ2) is 16.0. The summed E-state index contributed by atoms with van der Waals surface area (Å²) in [6.07, 6.45) is 9.21. The van der Waals surface area contributed by atoms with Crippen molar-refractivity contribution in [1.82, 2.24) is 4.14 Å². The number of nitrogens with zero attached hydrogens (tertiary/aromatic N) is 1. The molecule has 57 heavy (non-hydrogen) atoms. The van der Waals surface area contributed by atoms with Crippen LogP contribution in [0.1, 0.15) is 122 Å². The number of benzene rings is 4. The Morgan fingerprint density at radius 3 is 1.23 bits per heavy atom. The van der Waals surface area contributed by atoms with Gasteiger partial charge in [0.15, 0.2) is 0 Å². The molecule has 6 rings (SSSR count). The second-order valence-electron chi connectivity index (χ2n) is 21.3. The monoisotopic (exact) mass is 910 g/mol. The molecule has 0 saturated carbocycles. The first-order valence-corrected chi connectivity index (χ1v) is 39.4. The fourth-order valence-corrected chi connectivity index (χ4v) is 53.0. The van der Waals surface area contributed by atoms with Gasteiger partial charge in [0.05, 0.1) is 0 Å². The van der Waals surface area contributed by atoms with Crippen molar-refractivity contribution in [1.29, 1.82) is 0 Å². The van der Waals surface area contributed by atoms with Crippen LogP contribution in [0.25, 0.3) is 34.4 Å². The fourth-order valence-electron chi connectivity index (χ4n) is 10.7. The zero-order valence-corrected chi connectivity index (χ0v) is 43.6. The van der Waals surface area contributed by atoms with Crippen LogP contribution in [-0.4, -0.2) is 25.6 Å². The molecule has 303 valence electrons. The van der Waals surface area contributed by atoms with Crippen molar-refractivity contribution >= 4 is 50.6 Å². The van der Waals surface area contributed by atoms with Gasteiger partial charge in [0, 0.05) is 0 Å². The summed E-state index contributed by atoms with van der Waals surface area (Å²) in [7, 11) is 14.7. The summed E-state index contributed by atoms with van der Waals surface area (Å²) in [6, 6.07) is 32.2. The first kappa shape index (κ1) is 44.8. The average Bonchev–Trinajstić information content (AvgIpc) is 3.69. The van der Waals surface area contributed by atoms with E-state index < -0.39 is 32.6 Å². The SMILES string of the molecule is CCCC1=Cc2c(-c3ccccc3C(C)(C)C)cccc2[CH]1[Zr]([Cl])([Cl])([BH]N([Si](C)(C)C)[Si](C)(C)C)[CH]1C(CCC)=Cc2c(-c3ccccc3C(C)(C)C)cccc21. The van der Waals surface area contributed by atoms with E-state index in [-0.39, 0.29) is 18.1 Å². The van der Waals surface area contributed by atoms with E-state index in [9.17, 15) is 17.0 Å². The van der Waals surface area contributed by atoms with Crippen LogP contribution in [0.2, 0.25) is 39.3 Å². The Labute approximate surface area is 358 Å². The third kappa shape index (κ3) is 8.48. The summed E-state index contributed by atoms with van der Waals surface area (Å²) >= 11 is -5.33. The third-order valence-corrected chi connectivity index (χ3v) is 39.8. The molecule has 2 atom stereocenters. The molecule has 0 aliphatic heterocycles. The molecule has 0 radical (unpaired) electrons. The van der Waals surface area contributed by atoms with Gasteiger partial charge in [0.1, 0.15) is 0 Å². The van der Waals surface area contributed by atoms with E-state index in [1.54, 1.807) is 0 Å². The average molecular weight is 913 g/mol. The van der Waals surface area contributed by atoms with Gasteiger partial charge >= 0.3 is 361 Å². The molecule has 4 aromatic rings. The van der Waals surface area contributed by atoms with E-state index in [0.29, 0.717) is 0 Å². The van der Waals surface area contributed by atoms with E-state index in [0.717, 1.165) is 30.6 Å². The van der Waals surface area contributed by atoms with Crippen LogP contribution in [0.3, 0.4) is 0 Å². The normalized spacial score (nSPS) is 18.2. The van der Waals surface area contributed by atoms with Gasteiger partial charge in [-0.25, -0.2) is 0 Å². The van der Waals surface area contributed by atoms with Gasteiger partial charge in [-0.15, -0.1) is 0 Å². The molecule has 7 heteroatoms. The number of hydrogen-bond donors (Lipinski definition) is 0. The Hall–Kier alpha value is -1.72. The van der Waals surface area contributed by atoms with Crippen LogP contribution in [0.5, 0.6) is 0 Å². The van der Waals surface area contributed by atoms with E-state index in [1.165, 1.54) is 66.8 Å². The molecule has 2 aliphatic carbocycles. The molecule has 4 aromatic carbocycles. The Balaban J connectivity index is 1.70. The molecular weight excluding hydrogens is 844 g/mol. The van der Waals surface area contributed by atoms with Crippen LogP contribution in [-0.2, 0) is 27.0 Å². The van der Waals surface area contributed by atoms with Gasteiger partial charge in [-0.05, 0) is 0 Å². The quantitative estimate of drug-likeness (QED) is 0.128. The minimum absolute atomic E-state index is 0.00232. The van der Waals surface area contributed by atoms with E-state index in [4.69, 9.17) is 0 Å². The van der Waals surface area contributed by atoms with Crippen molar-refractivity contribution in [3.05, 3.63) is 129 Å².